The quantitative estimate of drug-likeness (QED) is 0.248. The lowest BCUT2D eigenvalue weighted by Crippen LogP contribution is -2.40. The molecule has 0 bridgehead atoms. The van der Waals surface area contributed by atoms with E-state index in [1.165, 1.54) is 68.0 Å². The predicted octanol–water partition coefficient (Wildman–Crippen LogP) is 9.06. The van der Waals surface area contributed by atoms with Crippen LogP contribution in [0.3, 0.4) is 0 Å². The van der Waals surface area contributed by atoms with Crippen LogP contribution in [0.2, 0.25) is 0 Å². The van der Waals surface area contributed by atoms with Gasteiger partial charge in [0.1, 0.15) is 32.8 Å². The zero-order chi connectivity index (χ0) is 33.9. The fourth-order valence-corrected chi connectivity index (χ4v) is 13.5. The summed E-state index contributed by atoms with van der Waals surface area (Å²) in [6.45, 7) is 17.5. The normalized spacial score (nSPS) is 26.0. The van der Waals surface area contributed by atoms with E-state index < -0.39 is 29.4 Å². The van der Waals surface area contributed by atoms with Gasteiger partial charge in [-0.15, -0.1) is 68.0 Å². The lowest BCUT2D eigenvalue weighted by Gasteiger charge is -2.32. The molecule has 0 amide bonds. The first-order chi connectivity index (χ1) is 20.6. The van der Waals surface area contributed by atoms with Crippen molar-refractivity contribution in [3.8, 4) is 0 Å². The number of rotatable bonds is 3. The molecule has 0 saturated heterocycles. The Bertz CT molecular complexity index is 1680. The summed E-state index contributed by atoms with van der Waals surface area (Å²) < 4.78 is 24.5. The van der Waals surface area contributed by atoms with Crippen LogP contribution in [0.25, 0.3) is 0 Å². The van der Waals surface area contributed by atoms with Gasteiger partial charge in [-0.05, 0) is 62.3 Å². The second-order valence-corrected chi connectivity index (χ2v) is 21.4. The van der Waals surface area contributed by atoms with Gasteiger partial charge in [-0.25, -0.2) is 0 Å². The van der Waals surface area contributed by atoms with Crippen LogP contribution in [-0.4, -0.2) is 46.9 Å². The second kappa shape index (κ2) is 13.7. The molecule has 4 atom stereocenters. The number of ketones is 2. The Balaban J connectivity index is 0.000000155. The number of carbonyl (C=O) groups is 2. The van der Waals surface area contributed by atoms with E-state index in [0.29, 0.717) is 14.6 Å². The van der Waals surface area contributed by atoms with Gasteiger partial charge in [-0.2, -0.15) is 0 Å². The standard InChI is InChI=1S/C11H16O3S3.C9H10O2S3.C8H8O3S3/c1-5-13-6(2)11(12)8-7(10(3,4)14-11)16-9(15)17-8;1-4-5(10)6-7(9(2,3)11-4)14-8(12)13-6;1-8(2)5-4(13-7(12)14-5)3(9)6(10)11-8/h6,12H,5H2,1-4H3;4H,1-3H3;6,10H,1-2H3. The molecule has 6 rings (SSSR count). The maximum Gasteiger partial charge on any atom is 0.230 e. The maximum absolute atomic E-state index is 11.8. The highest BCUT2D eigenvalue weighted by Crippen LogP contribution is 2.53. The molecule has 0 radical (unpaired) electrons. The van der Waals surface area contributed by atoms with Crippen molar-refractivity contribution in [1.82, 2.24) is 0 Å². The van der Waals surface area contributed by atoms with Crippen LogP contribution in [0, 0.1) is 9.41 Å². The Morgan fingerprint density at radius 1 is 0.756 bits per heavy atom. The van der Waals surface area contributed by atoms with E-state index in [9.17, 15) is 19.8 Å². The fraction of sp³-hybridized carbons (Fsp3) is 0.607. The first-order valence-electron chi connectivity index (χ1n) is 13.7. The highest BCUT2D eigenvalue weighted by Gasteiger charge is 2.54. The molecule has 8 nitrogen and oxygen atoms in total. The van der Waals surface area contributed by atoms with Gasteiger partial charge in [-0.3, -0.25) is 9.59 Å². The third kappa shape index (κ3) is 7.57. The number of fused-ring (bicyclic) bond motifs is 3. The monoisotopic (exact) mass is 786 g/mol. The van der Waals surface area contributed by atoms with Gasteiger partial charge < -0.3 is 29.2 Å². The van der Waals surface area contributed by atoms with Gasteiger partial charge >= 0.3 is 0 Å². The SMILES string of the molecule is CC1(C)OC(O)C(=O)c2sc(=S)sc21.CC1OC(C)(C)c2sc(=S)sc2C1=O.CCOC(C)C1(O)OC(C)(C)c2sc(=S)sc21. The van der Waals surface area contributed by atoms with E-state index in [1.54, 1.807) is 6.92 Å². The summed E-state index contributed by atoms with van der Waals surface area (Å²) in [5, 5.41) is 20.1. The highest BCUT2D eigenvalue weighted by atomic mass is 32.2. The summed E-state index contributed by atoms with van der Waals surface area (Å²) in [7, 11) is 0. The number of hydrogen-bond donors (Lipinski definition) is 2. The molecule has 0 aromatic carbocycles. The van der Waals surface area contributed by atoms with Crippen LogP contribution < -0.4 is 0 Å². The van der Waals surface area contributed by atoms with Crippen molar-refractivity contribution < 1.29 is 38.7 Å². The molecule has 45 heavy (non-hydrogen) atoms. The third-order valence-electron chi connectivity index (χ3n) is 6.99. The summed E-state index contributed by atoms with van der Waals surface area (Å²) in [5.41, 5.74) is -1.50. The van der Waals surface area contributed by atoms with Gasteiger partial charge in [0, 0.05) is 6.61 Å². The van der Waals surface area contributed by atoms with E-state index in [1.807, 2.05) is 55.4 Å². The molecule has 248 valence electrons. The van der Waals surface area contributed by atoms with Gasteiger partial charge in [0.15, 0.2) is 0 Å². The van der Waals surface area contributed by atoms with Crippen molar-refractivity contribution in [2.45, 2.75) is 103 Å². The van der Waals surface area contributed by atoms with Crippen molar-refractivity contribution in [3.05, 3.63) is 38.7 Å². The van der Waals surface area contributed by atoms with Gasteiger partial charge in [-0.1, -0.05) is 36.7 Å². The van der Waals surface area contributed by atoms with E-state index in [-0.39, 0.29) is 23.3 Å². The molecule has 0 saturated carbocycles. The molecule has 0 aliphatic carbocycles. The topological polar surface area (TPSA) is 112 Å². The Hall–Kier alpha value is -0.0900. The fourth-order valence-electron chi connectivity index (χ4n) is 4.93. The number of aliphatic hydroxyl groups excluding tert-OH is 1. The number of carbonyl (C=O) groups excluding carboxylic acids is 2. The molecule has 3 aromatic rings. The average molecular weight is 787 g/mol. The van der Waals surface area contributed by atoms with Gasteiger partial charge in [0.25, 0.3) is 0 Å². The van der Waals surface area contributed by atoms with E-state index in [2.05, 4.69) is 0 Å². The maximum atomic E-state index is 11.8. The second-order valence-electron chi connectivity index (χ2n) is 11.7. The molecule has 17 heteroatoms. The Morgan fingerprint density at radius 2 is 1.20 bits per heavy atom. The highest BCUT2D eigenvalue weighted by molar-refractivity contribution is 7.77. The minimum Gasteiger partial charge on any atom is -0.373 e. The van der Waals surface area contributed by atoms with Crippen LogP contribution in [-0.2, 0) is 41.5 Å². The van der Waals surface area contributed by atoms with Crippen LogP contribution in [0.4, 0.5) is 0 Å². The van der Waals surface area contributed by atoms with E-state index in [4.69, 9.17) is 55.6 Å². The number of aliphatic hydroxyl groups is 2. The zero-order valence-corrected chi connectivity index (χ0v) is 33.3. The first-order valence-corrected chi connectivity index (χ1v) is 19.9. The van der Waals surface area contributed by atoms with Crippen LogP contribution in [0.5, 0.6) is 0 Å². The summed E-state index contributed by atoms with van der Waals surface area (Å²) in [6.07, 6.45) is -2.11. The minimum absolute atomic E-state index is 0.0664. The minimum atomic E-state index is -1.37. The third-order valence-corrected chi connectivity index (χ3v) is 16.0. The summed E-state index contributed by atoms with van der Waals surface area (Å²) in [5.74, 6) is -1.68. The van der Waals surface area contributed by atoms with Crippen molar-refractivity contribution in [3.63, 3.8) is 0 Å². The predicted molar refractivity (Wildman–Crippen MR) is 191 cm³/mol. The lowest BCUT2D eigenvalue weighted by molar-refractivity contribution is -0.296. The first kappa shape index (κ1) is 37.7. The van der Waals surface area contributed by atoms with Crippen molar-refractivity contribution in [2.24, 2.45) is 0 Å². The Labute approximate surface area is 301 Å². The molecule has 6 heterocycles. The van der Waals surface area contributed by atoms with Crippen LogP contribution in [0.1, 0.15) is 101 Å². The van der Waals surface area contributed by atoms with Crippen LogP contribution in [0.15, 0.2) is 0 Å². The number of Topliss-reactive ketones (excluding diaryl/α,β-unsaturated/α-hetero) is 2. The molecule has 3 aliphatic rings. The summed E-state index contributed by atoms with van der Waals surface area (Å²) >= 11 is 23.8. The number of hydrogen-bond acceptors (Lipinski definition) is 17. The molecular formula is C28H34O8S9. The molecule has 0 fully saturated rings. The molecule has 3 aliphatic heterocycles. The van der Waals surface area contributed by atoms with Gasteiger partial charge in [0.2, 0.25) is 23.6 Å². The molecule has 0 spiro atoms. The Morgan fingerprint density at radius 3 is 1.73 bits per heavy atom. The van der Waals surface area contributed by atoms with Crippen LogP contribution >= 0.6 is 105 Å². The van der Waals surface area contributed by atoms with Gasteiger partial charge in [0.05, 0.1) is 34.9 Å². The average Bonchev–Trinajstić information content (AvgIpc) is 3.66. The smallest absolute Gasteiger partial charge is 0.230 e. The zero-order valence-electron chi connectivity index (χ0n) is 26.0. The molecule has 4 unspecified atom stereocenters. The van der Waals surface area contributed by atoms with Crippen molar-refractivity contribution in [1.29, 1.82) is 0 Å². The van der Waals surface area contributed by atoms with Crippen molar-refractivity contribution in [2.75, 3.05) is 6.61 Å². The molecule has 2 N–H and O–H groups in total. The lowest BCUT2D eigenvalue weighted by atomic mass is 9.99. The molecular weight excluding hydrogens is 753 g/mol. The Kier molecular flexibility index (Phi) is 11.5. The largest absolute Gasteiger partial charge is 0.373 e. The van der Waals surface area contributed by atoms with E-state index >= 15 is 0 Å². The summed E-state index contributed by atoms with van der Waals surface area (Å²) in [6, 6.07) is 0. The summed E-state index contributed by atoms with van der Waals surface area (Å²) in [4.78, 5) is 28.2. The van der Waals surface area contributed by atoms with E-state index in [0.717, 1.165) is 30.7 Å². The number of ether oxygens (including phenoxy) is 4. The molecule has 3 aromatic heterocycles. The van der Waals surface area contributed by atoms with Crippen molar-refractivity contribution >= 4 is 116 Å².